The lowest BCUT2D eigenvalue weighted by Gasteiger charge is -2.07. The van der Waals surface area contributed by atoms with Crippen molar-refractivity contribution in [3.8, 4) is 5.75 Å². The monoisotopic (exact) mass is 391 g/mol. The molecule has 0 saturated heterocycles. The summed E-state index contributed by atoms with van der Waals surface area (Å²) in [4.78, 5) is 4.29. The zero-order valence-electron chi connectivity index (χ0n) is 12.6. The van der Waals surface area contributed by atoms with E-state index in [-0.39, 0.29) is 24.0 Å². The van der Waals surface area contributed by atoms with Crippen LogP contribution in [-0.2, 0) is 6.42 Å². The molecule has 20 heavy (non-hydrogen) atoms. The number of nitrogens with one attached hydrogen (secondary N) is 1. The SMILES string of the molecule is COc1cccc(CCNC(N)=NCCC(C)C)c1.I. The van der Waals surface area contributed by atoms with Gasteiger partial charge in [-0.2, -0.15) is 0 Å². The Morgan fingerprint density at radius 1 is 1.40 bits per heavy atom. The van der Waals surface area contributed by atoms with E-state index in [1.54, 1.807) is 7.11 Å². The minimum absolute atomic E-state index is 0. The standard InChI is InChI=1S/C15H25N3O.HI/c1-12(2)7-9-17-15(16)18-10-8-13-5-4-6-14(11-13)19-3;/h4-6,11-12H,7-10H2,1-3H3,(H3,16,17,18);1H. The molecule has 3 N–H and O–H groups in total. The van der Waals surface area contributed by atoms with E-state index in [0.717, 1.165) is 31.7 Å². The number of methoxy groups -OCH3 is 1. The molecule has 5 heteroatoms. The van der Waals surface area contributed by atoms with E-state index in [1.165, 1.54) is 5.56 Å². The van der Waals surface area contributed by atoms with Gasteiger partial charge in [0.15, 0.2) is 5.96 Å². The van der Waals surface area contributed by atoms with Crippen molar-refractivity contribution >= 4 is 29.9 Å². The fraction of sp³-hybridized carbons (Fsp3) is 0.533. The van der Waals surface area contributed by atoms with E-state index < -0.39 is 0 Å². The van der Waals surface area contributed by atoms with Crippen molar-refractivity contribution in [2.75, 3.05) is 20.2 Å². The summed E-state index contributed by atoms with van der Waals surface area (Å²) in [5, 5.41) is 3.13. The third-order valence-corrected chi connectivity index (χ3v) is 2.84. The van der Waals surface area contributed by atoms with E-state index >= 15 is 0 Å². The molecule has 0 aliphatic rings. The molecule has 0 heterocycles. The highest BCUT2D eigenvalue weighted by Crippen LogP contribution is 2.12. The predicted octanol–water partition coefficient (Wildman–Crippen LogP) is 2.81. The number of benzene rings is 1. The summed E-state index contributed by atoms with van der Waals surface area (Å²) in [7, 11) is 1.68. The highest BCUT2D eigenvalue weighted by Gasteiger charge is 1.97. The lowest BCUT2D eigenvalue weighted by molar-refractivity contribution is 0.414. The van der Waals surface area contributed by atoms with Gasteiger partial charge in [-0.05, 0) is 36.5 Å². The lowest BCUT2D eigenvalue weighted by atomic mass is 10.1. The predicted molar refractivity (Wildman–Crippen MR) is 96.1 cm³/mol. The van der Waals surface area contributed by atoms with Crippen molar-refractivity contribution in [2.24, 2.45) is 16.6 Å². The van der Waals surface area contributed by atoms with Gasteiger partial charge in [0.25, 0.3) is 0 Å². The van der Waals surface area contributed by atoms with Crippen LogP contribution in [0.1, 0.15) is 25.8 Å². The topological polar surface area (TPSA) is 59.6 Å². The van der Waals surface area contributed by atoms with Crippen LogP contribution in [0.4, 0.5) is 0 Å². The maximum atomic E-state index is 5.79. The van der Waals surface area contributed by atoms with Crippen molar-refractivity contribution in [2.45, 2.75) is 26.7 Å². The molecule has 0 amide bonds. The first-order chi connectivity index (χ1) is 9.11. The molecule has 4 nitrogen and oxygen atoms in total. The normalized spacial score (nSPS) is 11.1. The zero-order chi connectivity index (χ0) is 14.1. The minimum atomic E-state index is 0. The highest BCUT2D eigenvalue weighted by molar-refractivity contribution is 14.0. The second-order valence-corrected chi connectivity index (χ2v) is 4.98. The van der Waals surface area contributed by atoms with Crippen molar-refractivity contribution in [1.29, 1.82) is 0 Å². The van der Waals surface area contributed by atoms with E-state index in [4.69, 9.17) is 10.5 Å². The number of nitrogens with two attached hydrogens (primary N) is 1. The fourth-order valence-corrected chi connectivity index (χ4v) is 1.66. The van der Waals surface area contributed by atoms with Gasteiger partial charge in [-0.1, -0.05) is 26.0 Å². The first kappa shape index (κ1) is 19.0. The van der Waals surface area contributed by atoms with Crippen LogP contribution in [-0.4, -0.2) is 26.2 Å². The Hall–Kier alpha value is -0.980. The Kier molecular flexibility index (Phi) is 10.2. The molecule has 0 fully saturated rings. The number of hydrogen-bond donors (Lipinski definition) is 2. The first-order valence-electron chi connectivity index (χ1n) is 6.78. The van der Waals surface area contributed by atoms with Gasteiger partial charge in [0, 0.05) is 13.1 Å². The lowest BCUT2D eigenvalue weighted by Crippen LogP contribution is -2.33. The quantitative estimate of drug-likeness (QED) is 0.427. The zero-order valence-corrected chi connectivity index (χ0v) is 14.9. The maximum absolute atomic E-state index is 5.79. The number of nitrogens with zero attached hydrogens (tertiary/aromatic N) is 1. The summed E-state index contributed by atoms with van der Waals surface area (Å²) in [6.07, 6.45) is 1.97. The third-order valence-electron chi connectivity index (χ3n) is 2.84. The van der Waals surface area contributed by atoms with E-state index in [9.17, 15) is 0 Å². The number of ether oxygens (including phenoxy) is 1. The van der Waals surface area contributed by atoms with Crippen LogP contribution in [0.15, 0.2) is 29.3 Å². The molecular weight excluding hydrogens is 365 g/mol. The van der Waals surface area contributed by atoms with Gasteiger partial charge >= 0.3 is 0 Å². The molecule has 0 aliphatic heterocycles. The molecule has 0 bridgehead atoms. The second kappa shape index (κ2) is 10.8. The molecular formula is C15H26IN3O. The van der Waals surface area contributed by atoms with E-state index in [0.29, 0.717) is 11.9 Å². The van der Waals surface area contributed by atoms with Gasteiger partial charge in [-0.25, -0.2) is 0 Å². The minimum Gasteiger partial charge on any atom is -0.497 e. The molecule has 1 aromatic rings. The van der Waals surface area contributed by atoms with Crippen LogP contribution >= 0.6 is 24.0 Å². The van der Waals surface area contributed by atoms with Gasteiger partial charge in [-0.3, -0.25) is 4.99 Å². The van der Waals surface area contributed by atoms with Gasteiger partial charge in [0.1, 0.15) is 5.75 Å². The number of rotatable bonds is 7. The molecule has 0 atom stereocenters. The molecule has 114 valence electrons. The van der Waals surface area contributed by atoms with Gasteiger partial charge < -0.3 is 15.8 Å². The molecule has 0 saturated carbocycles. The number of guanidine groups is 1. The Bertz CT molecular complexity index is 408. The molecule has 1 rings (SSSR count). The Balaban J connectivity index is 0.00000361. The average molecular weight is 391 g/mol. The van der Waals surface area contributed by atoms with Crippen molar-refractivity contribution in [1.82, 2.24) is 5.32 Å². The molecule has 0 radical (unpaired) electrons. The van der Waals surface area contributed by atoms with Crippen LogP contribution in [0.2, 0.25) is 0 Å². The second-order valence-electron chi connectivity index (χ2n) is 4.98. The van der Waals surface area contributed by atoms with Crippen LogP contribution in [0.25, 0.3) is 0 Å². The van der Waals surface area contributed by atoms with E-state index in [2.05, 4.69) is 30.2 Å². The molecule has 0 aromatic heterocycles. The Morgan fingerprint density at radius 2 is 2.15 bits per heavy atom. The van der Waals surface area contributed by atoms with Gasteiger partial charge in [0.2, 0.25) is 0 Å². The summed E-state index contributed by atoms with van der Waals surface area (Å²) in [5.41, 5.74) is 7.02. The highest BCUT2D eigenvalue weighted by atomic mass is 127. The fourth-order valence-electron chi connectivity index (χ4n) is 1.66. The van der Waals surface area contributed by atoms with Crippen molar-refractivity contribution in [3.63, 3.8) is 0 Å². The summed E-state index contributed by atoms with van der Waals surface area (Å²) in [5.74, 6) is 2.08. The molecule has 1 aromatic carbocycles. The summed E-state index contributed by atoms with van der Waals surface area (Å²) in [6.45, 7) is 5.93. The smallest absolute Gasteiger partial charge is 0.188 e. The molecule has 0 aliphatic carbocycles. The number of aliphatic imine (C=N–C) groups is 1. The number of halogens is 1. The first-order valence-corrected chi connectivity index (χ1v) is 6.78. The van der Waals surface area contributed by atoms with Crippen LogP contribution in [0.5, 0.6) is 5.75 Å². The third kappa shape index (κ3) is 8.24. The maximum Gasteiger partial charge on any atom is 0.188 e. The summed E-state index contributed by atoms with van der Waals surface area (Å²) >= 11 is 0. The Morgan fingerprint density at radius 3 is 2.80 bits per heavy atom. The van der Waals surface area contributed by atoms with Crippen molar-refractivity contribution in [3.05, 3.63) is 29.8 Å². The average Bonchev–Trinajstić information content (AvgIpc) is 2.38. The van der Waals surface area contributed by atoms with Gasteiger partial charge in [-0.15, -0.1) is 24.0 Å². The van der Waals surface area contributed by atoms with Crippen LogP contribution < -0.4 is 15.8 Å². The largest absolute Gasteiger partial charge is 0.497 e. The van der Waals surface area contributed by atoms with Gasteiger partial charge in [0.05, 0.1) is 7.11 Å². The molecule has 0 spiro atoms. The molecule has 0 unspecified atom stereocenters. The Labute approximate surface area is 139 Å². The summed E-state index contributed by atoms with van der Waals surface area (Å²) < 4.78 is 5.19. The number of hydrogen-bond acceptors (Lipinski definition) is 2. The van der Waals surface area contributed by atoms with E-state index in [1.807, 2.05) is 18.2 Å². The van der Waals surface area contributed by atoms with Crippen molar-refractivity contribution < 1.29 is 4.74 Å². The summed E-state index contributed by atoms with van der Waals surface area (Å²) in [6, 6.07) is 8.05. The van der Waals surface area contributed by atoms with Crippen LogP contribution in [0, 0.1) is 5.92 Å². The van der Waals surface area contributed by atoms with Crippen LogP contribution in [0.3, 0.4) is 0 Å².